The average molecular weight is 391 g/mol. The van der Waals surface area contributed by atoms with Gasteiger partial charge in [-0.1, -0.05) is 12.8 Å². The second kappa shape index (κ2) is 9.17. The Labute approximate surface area is 162 Å². The van der Waals surface area contributed by atoms with Gasteiger partial charge >= 0.3 is 0 Å². The first-order valence-corrected chi connectivity index (χ1v) is 8.79. The van der Waals surface area contributed by atoms with E-state index >= 15 is 0 Å². The summed E-state index contributed by atoms with van der Waals surface area (Å²) < 4.78 is 16.8. The number of ether oxygens (including phenoxy) is 3. The summed E-state index contributed by atoms with van der Waals surface area (Å²) in [5, 5.41) is 3.46. The fourth-order valence-corrected chi connectivity index (χ4v) is 4.34. The Balaban J connectivity index is 0.00000113. The van der Waals surface area contributed by atoms with Gasteiger partial charge in [0.25, 0.3) is 0 Å². The molecule has 142 valence electrons. The summed E-state index contributed by atoms with van der Waals surface area (Å²) in [7, 11) is 1.70. The highest BCUT2D eigenvalue weighted by Gasteiger charge is 2.34. The fourth-order valence-electron chi connectivity index (χ4n) is 4.34. The molecule has 1 aromatic carbocycles. The number of benzene rings is 1. The second-order valence-corrected chi connectivity index (χ2v) is 6.73. The van der Waals surface area contributed by atoms with Crippen LogP contribution in [0.5, 0.6) is 17.2 Å². The molecule has 1 aliphatic carbocycles. The summed E-state index contributed by atoms with van der Waals surface area (Å²) in [5.41, 5.74) is 1.32. The molecule has 1 N–H and O–H groups in total. The molecule has 2 heterocycles. The predicted octanol–water partition coefficient (Wildman–Crippen LogP) is 3.40. The van der Waals surface area contributed by atoms with Crippen LogP contribution in [0.15, 0.2) is 12.1 Å². The van der Waals surface area contributed by atoms with Crippen molar-refractivity contribution in [3.05, 3.63) is 17.7 Å². The van der Waals surface area contributed by atoms with Crippen LogP contribution < -0.4 is 19.5 Å². The number of nitrogens with one attached hydrogen (secondary N) is 1. The van der Waals surface area contributed by atoms with Gasteiger partial charge < -0.3 is 19.5 Å². The maximum atomic E-state index is 5.65. The van der Waals surface area contributed by atoms with Crippen LogP contribution in [0.1, 0.15) is 37.3 Å². The minimum Gasteiger partial charge on any atom is -0.493 e. The summed E-state index contributed by atoms with van der Waals surface area (Å²) in [4.78, 5) is 2.64. The Morgan fingerprint density at radius 3 is 2.52 bits per heavy atom. The van der Waals surface area contributed by atoms with E-state index in [2.05, 4.69) is 22.3 Å². The average Bonchev–Trinajstić information content (AvgIpc) is 3.27. The van der Waals surface area contributed by atoms with Crippen molar-refractivity contribution in [3.8, 4) is 17.2 Å². The highest BCUT2D eigenvalue weighted by molar-refractivity contribution is 5.85. The van der Waals surface area contributed by atoms with Crippen LogP contribution in [0.2, 0.25) is 0 Å². The van der Waals surface area contributed by atoms with Crippen LogP contribution in [0.25, 0.3) is 0 Å². The van der Waals surface area contributed by atoms with Gasteiger partial charge in [-0.2, -0.15) is 0 Å². The summed E-state index contributed by atoms with van der Waals surface area (Å²) >= 11 is 0. The van der Waals surface area contributed by atoms with E-state index in [9.17, 15) is 0 Å². The first kappa shape index (κ1) is 20.4. The Morgan fingerprint density at radius 1 is 1.12 bits per heavy atom. The van der Waals surface area contributed by atoms with Crippen molar-refractivity contribution >= 4 is 24.8 Å². The Morgan fingerprint density at radius 2 is 1.84 bits per heavy atom. The molecular weight excluding hydrogens is 363 g/mol. The van der Waals surface area contributed by atoms with Gasteiger partial charge in [0.2, 0.25) is 12.5 Å². The van der Waals surface area contributed by atoms with Gasteiger partial charge in [-0.3, -0.25) is 4.90 Å². The Bertz CT molecular complexity index is 561. The molecule has 0 unspecified atom stereocenters. The zero-order valence-electron chi connectivity index (χ0n) is 14.7. The summed E-state index contributed by atoms with van der Waals surface area (Å²) in [6.45, 7) is 4.66. The molecule has 5 nitrogen and oxygen atoms in total. The topological polar surface area (TPSA) is 43.0 Å². The van der Waals surface area contributed by atoms with E-state index in [-0.39, 0.29) is 31.6 Å². The second-order valence-electron chi connectivity index (χ2n) is 6.73. The molecule has 1 atom stereocenters. The fraction of sp³-hybridized carbons (Fsp3) is 0.667. The van der Waals surface area contributed by atoms with Crippen molar-refractivity contribution < 1.29 is 14.2 Å². The van der Waals surface area contributed by atoms with Gasteiger partial charge in [0.1, 0.15) is 0 Å². The number of piperazine rings is 1. The highest BCUT2D eigenvalue weighted by atomic mass is 35.5. The molecule has 25 heavy (non-hydrogen) atoms. The number of hydrogen-bond acceptors (Lipinski definition) is 5. The van der Waals surface area contributed by atoms with Crippen LogP contribution >= 0.6 is 24.8 Å². The van der Waals surface area contributed by atoms with E-state index in [0.29, 0.717) is 6.04 Å². The number of hydrogen-bond donors (Lipinski definition) is 1. The first-order valence-electron chi connectivity index (χ1n) is 8.79. The molecule has 1 aromatic rings. The van der Waals surface area contributed by atoms with Crippen LogP contribution in [-0.2, 0) is 0 Å². The lowest BCUT2D eigenvalue weighted by Crippen LogP contribution is -2.46. The molecule has 0 amide bonds. The van der Waals surface area contributed by atoms with Crippen molar-refractivity contribution in [2.45, 2.75) is 31.7 Å². The van der Waals surface area contributed by atoms with E-state index in [1.165, 1.54) is 31.2 Å². The lowest BCUT2D eigenvalue weighted by molar-refractivity contribution is 0.125. The molecular formula is C18H28Cl2N2O3. The van der Waals surface area contributed by atoms with Gasteiger partial charge in [0.05, 0.1) is 7.11 Å². The third-order valence-electron chi connectivity index (χ3n) is 5.41. The highest BCUT2D eigenvalue weighted by Crippen LogP contribution is 2.47. The van der Waals surface area contributed by atoms with Gasteiger partial charge in [0.15, 0.2) is 11.5 Å². The molecule has 0 radical (unpaired) electrons. The summed E-state index contributed by atoms with van der Waals surface area (Å²) in [6, 6.07) is 4.80. The van der Waals surface area contributed by atoms with Crippen LogP contribution in [-0.4, -0.2) is 45.0 Å². The Hall–Kier alpha value is -0.880. The van der Waals surface area contributed by atoms with E-state index in [0.717, 1.165) is 49.3 Å². The SMILES string of the molecule is COc1cc([C@H](C2CCCC2)N2CCNCC2)cc2c1OCO2.Cl.Cl. The normalized spacial score (nSPS) is 21.3. The number of methoxy groups -OCH3 is 1. The van der Waals surface area contributed by atoms with E-state index in [1.54, 1.807) is 7.11 Å². The molecule has 0 bridgehead atoms. The van der Waals surface area contributed by atoms with Gasteiger partial charge in [-0.25, -0.2) is 0 Å². The molecule has 1 saturated heterocycles. The van der Waals surface area contributed by atoms with Crippen molar-refractivity contribution in [2.24, 2.45) is 5.92 Å². The number of fused-ring (bicyclic) bond motifs is 1. The minimum absolute atomic E-state index is 0. The number of rotatable bonds is 4. The molecule has 4 rings (SSSR count). The molecule has 0 spiro atoms. The van der Waals surface area contributed by atoms with Gasteiger partial charge in [-0.05, 0) is 36.5 Å². The van der Waals surface area contributed by atoms with Crippen molar-refractivity contribution in [2.75, 3.05) is 40.1 Å². The largest absolute Gasteiger partial charge is 0.493 e. The monoisotopic (exact) mass is 390 g/mol. The zero-order valence-corrected chi connectivity index (χ0v) is 16.3. The minimum atomic E-state index is 0. The maximum Gasteiger partial charge on any atom is 0.231 e. The standard InChI is InChI=1S/C18H26N2O3.2ClH/c1-21-15-10-14(11-16-18(15)23-12-22-16)17(13-4-2-3-5-13)20-8-6-19-7-9-20;;/h10-11,13,17,19H,2-9,12H2,1H3;2*1H/t17-;;/m0../s1. The summed E-state index contributed by atoms with van der Waals surface area (Å²) in [6.07, 6.45) is 5.36. The molecule has 2 aliphatic heterocycles. The van der Waals surface area contributed by atoms with E-state index in [1.807, 2.05) is 0 Å². The first-order chi connectivity index (χ1) is 11.4. The lowest BCUT2D eigenvalue weighted by Gasteiger charge is -2.38. The maximum absolute atomic E-state index is 5.65. The molecule has 2 fully saturated rings. The third kappa shape index (κ3) is 4.11. The Kier molecular flexibility index (Phi) is 7.50. The number of nitrogens with zero attached hydrogens (tertiary/aromatic N) is 1. The van der Waals surface area contributed by atoms with Crippen molar-refractivity contribution in [3.63, 3.8) is 0 Å². The molecule has 1 saturated carbocycles. The van der Waals surface area contributed by atoms with Gasteiger partial charge in [0, 0.05) is 32.2 Å². The van der Waals surface area contributed by atoms with Crippen LogP contribution in [0, 0.1) is 5.92 Å². The van der Waals surface area contributed by atoms with Gasteiger partial charge in [-0.15, -0.1) is 24.8 Å². The zero-order chi connectivity index (χ0) is 15.6. The van der Waals surface area contributed by atoms with Crippen LogP contribution in [0.3, 0.4) is 0 Å². The smallest absolute Gasteiger partial charge is 0.231 e. The van der Waals surface area contributed by atoms with Crippen LogP contribution in [0.4, 0.5) is 0 Å². The van der Waals surface area contributed by atoms with Crippen molar-refractivity contribution in [1.29, 1.82) is 0 Å². The summed E-state index contributed by atoms with van der Waals surface area (Å²) in [5.74, 6) is 3.12. The van der Waals surface area contributed by atoms with Crippen molar-refractivity contribution in [1.82, 2.24) is 10.2 Å². The van der Waals surface area contributed by atoms with E-state index in [4.69, 9.17) is 14.2 Å². The molecule has 7 heteroatoms. The molecule has 3 aliphatic rings. The van der Waals surface area contributed by atoms with E-state index < -0.39 is 0 Å². The molecule has 0 aromatic heterocycles. The predicted molar refractivity (Wildman–Crippen MR) is 103 cm³/mol. The lowest BCUT2D eigenvalue weighted by atomic mass is 9.89. The quantitative estimate of drug-likeness (QED) is 0.852. The number of halogens is 2. The third-order valence-corrected chi connectivity index (χ3v) is 5.41.